The summed E-state index contributed by atoms with van der Waals surface area (Å²) in [6, 6.07) is 1.90. The zero-order valence-electron chi connectivity index (χ0n) is 7.54. The molecule has 1 aliphatic carbocycles. The van der Waals surface area contributed by atoms with Gasteiger partial charge in [-0.25, -0.2) is 4.98 Å². The van der Waals surface area contributed by atoms with Gasteiger partial charge in [-0.15, -0.1) is 0 Å². The van der Waals surface area contributed by atoms with Crippen LogP contribution < -0.4 is 4.74 Å². The predicted molar refractivity (Wildman–Crippen MR) is 48.1 cm³/mol. The second-order valence-corrected chi connectivity index (χ2v) is 3.13. The fourth-order valence-corrected chi connectivity index (χ4v) is 1.71. The minimum Gasteiger partial charge on any atom is -0.480 e. The van der Waals surface area contributed by atoms with E-state index in [0.29, 0.717) is 17.9 Å². The number of fused-ring (bicyclic) bond motifs is 1. The molecule has 3 nitrogen and oxygen atoms in total. The molecule has 0 saturated heterocycles. The van der Waals surface area contributed by atoms with Crippen LogP contribution in [0.25, 0.3) is 0 Å². The molecule has 0 amide bonds. The van der Waals surface area contributed by atoms with Crippen LogP contribution in [0.1, 0.15) is 28.8 Å². The molecule has 0 N–H and O–H groups in total. The van der Waals surface area contributed by atoms with Gasteiger partial charge in [0, 0.05) is 12.6 Å². The topological polar surface area (TPSA) is 39.2 Å². The van der Waals surface area contributed by atoms with Gasteiger partial charge in [0.05, 0.1) is 12.7 Å². The van der Waals surface area contributed by atoms with Crippen LogP contribution in [0.5, 0.6) is 5.88 Å². The zero-order chi connectivity index (χ0) is 9.26. The van der Waals surface area contributed by atoms with Crippen LogP contribution in [0.4, 0.5) is 0 Å². The molecule has 0 bridgehead atoms. The highest BCUT2D eigenvalue weighted by molar-refractivity contribution is 6.00. The number of aryl methyl sites for hydroxylation is 1. The third-order valence-electron chi connectivity index (χ3n) is 2.32. The lowest BCUT2D eigenvalue weighted by Gasteiger charge is -2.15. The second kappa shape index (κ2) is 3.17. The van der Waals surface area contributed by atoms with Gasteiger partial charge < -0.3 is 4.74 Å². The van der Waals surface area contributed by atoms with Crippen LogP contribution in [-0.4, -0.2) is 17.9 Å². The zero-order valence-corrected chi connectivity index (χ0v) is 7.54. The van der Waals surface area contributed by atoms with Crippen LogP contribution >= 0.6 is 0 Å². The maximum atomic E-state index is 11.5. The number of hydrogen-bond acceptors (Lipinski definition) is 3. The normalized spacial score (nSPS) is 15.3. The first-order valence-corrected chi connectivity index (χ1v) is 4.38. The summed E-state index contributed by atoms with van der Waals surface area (Å²) in [6.07, 6.45) is 4.21. The van der Waals surface area contributed by atoms with Crippen molar-refractivity contribution in [1.82, 2.24) is 4.98 Å². The second-order valence-electron chi connectivity index (χ2n) is 3.13. The van der Waals surface area contributed by atoms with E-state index in [4.69, 9.17) is 4.74 Å². The van der Waals surface area contributed by atoms with E-state index in [-0.39, 0.29) is 5.78 Å². The molecule has 0 aliphatic heterocycles. The molecular formula is C10H11NO2. The highest BCUT2D eigenvalue weighted by atomic mass is 16.5. The van der Waals surface area contributed by atoms with E-state index in [2.05, 4.69) is 4.98 Å². The maximum absolute atomic E-state index is 11.5. The predicted octanol–water partition coefficient (Wildman–Crippen LogP) is 1.61. The summed E-state index contributed by atoms with van der Waals surface area (Å²) < 4.78 is 5.05. The van der Waals surface area contributed by atoms with E-state index in [1.54, 1.807) is 13.3 Å². The summed E-state index contributed by atoms with van der Waals surface area (Å²) in [5.74, 6) is 0.633. The molecule has 1 heterocycles. The molecule has 1 aliphatic rings. The van der Waals surface area contributed by atoms with Crippen molar-refractivity contribution < 1.29 is 9.53 Å². The molecule has 1 aromatic rings. The molecule has 0 unspecified atom stereocenters. The average Bonchev–Trinajstić information content (AvgIpc) is 2.17. The van der Waals surface area contributed by atoms with Gasteiger partial charge in [-0.2, -0.15) is 0 Å². The SMILES string of the molecule is COc1nccc2c1C(=O)CCC2. The Labute approximate surface area is 76.7 Å². The molecule has 3 heteroatoms. The van der Waals surface area contributed by atoms with Gasteiger partial charge in [0.2, 0.25) is 5.88 Å². The Bertz CT molecular complexity index is 333. The van der Waals surface area contributed by atoms with Crippen molar-refractivity contribution in [3.8, 4) is 5.88 Å². The number of Topliss-reactive ketones (excluding diaryl/α,β-unsaturated/α-hetero) is 1. The molecule has 13 heavy (non-hydrogen) atoms. The number of nitrogens with zero attached hydrogens (tertiary/aromatic N) is 1. The minimum absolute atomic E-state index is 0.159. The Morgan fingerprint density at radius 1 is 1.46 bits per heavy atom. The van der Waals surface area contributed by atoms with Crippen LogP contribution in [-0.2, 0) is 6.42 Å². The molecule has 0 radical (unpaired) electrons. The first kappa shape index (κ1) is 8.23. The van der Waals surface area contributed by atoms with E-state index in [1.165, 1.54) is 0 Å². The summed E-state index contributed by atoms with van der Waals surface area (Å²) >= 11 is 0. The largest absolute Gasteiger partial charge is 0.480 e. The van der Waals surface area contributed by atoms with Crippen molar-refractivity contribution in [3.63, 3.8) is 0 Å². The number of aromatic nitrogens is 1. The summed E-state index contributed by atoms with van der Waals surface area (Å²) in [7, 11) is 1.55. The molecule has 0 aromatic carbocycles. The van der Waals surface area contributed by atoms with Gasteiger partial charge >= 0.3 is 0 Å². The Hall–Kier alpha value is -1.38. The summed E-state index contributed by atoms with van der Waals surface area (Å²) in [6.45, 7) is 0. The summed E-state index contributed by atoms with van der Waals surface area (Å²) in [5, 5.41) is 0. The van der Waals surface area contributed by atoms with Crippen molar-refractivity contribution in [1.29, 1.82) is 0 Å². The van der Waals surface area contributed by atoms with Crippen LogP contribution in [0.3, 0.4) is 0 Å². The number of ether oxygens (including phenoxy) is 1. The number of carbonyl (C=O) groups excluding carboxylic acids is 1. The average molecular weight is 177 g/mol. The van der Waals surface area contributed by atoms with Gasteiger partial charge in [0.1, 0.15) is 0 Å². The number of rotatable bonds is 1. The maximum Gasteiger partial charge on any atom is 0.224 e. The number of hydrogen-bond donors (Lipinski definition) is 0. The molecular weight excluding hydrogens is 166 g/mol. The van der Waals surface area contributed by atoms with Crippen molar-refractivity contribution in [2.45, 2.75) is 19.3 Å². The molecule has 0 spiro atoms. The molecule has 1 aromatic heterocycles. The molecule has 0 fully saturated rings. The summed E-state index contributed by atoms with van der Waals surface area (Å²) in [5.41, 5.74) is 1.76. The number of methoxy groups -OCH3 is 1. The van der Waals surface area contributed by atoms with Crippen LogP contribution in [0.2, 0.25) is 0 Å². The van der Waals surface area contributed by atoms with Crippen LogP contribution in [0, 0.1) is 0 Å². The van der Waals surface area contributed by atoms with E-state index in [9.17, 15) is 4.79 Å². The van der Waals surface area contributed by atoms with Gasteiger partial charge in [0.25, 0.3) is 0 Å². The Morgan fingerprint density at radius 3 is 3.08 bits per heavy atom. The van der Waals surface area contributed by atoms with Crippen molar-refractivity contribution in [2.24, 2.45) is 0 Å². The van der Waals surface area contributed by atoms with Gasteiger partial charge in [-0.05, 0) is 24.5 Å². The number of carbonyl (C=O) groups is 1. The Kier molecular flexibility index (Phi) is 2.00. The Morgan fingerprint density at radius 2 is 2.31 bits per heavy atom. The quantitative estimate of drug-likeness (QED) is 0.654. The number of ketones is 1. The van der Waals surface area contributed by atoms with Crippen molar-refractivity contribution >= 4 is 5.78 Å². The van der Waals surface area contributed by atoms with Gasteiger partial charge in [-0.3, -0.25) is 4.79 Å². The molecule has 0 atom stereocenters. The van der Waals surface area contributed by atoms with E-state index < -0.39 is 0 Å². The lowest BCUT2D eigenvalue weighted by atomic mass is 9.92. The highest BCUT2D eigenvalue weighted by Gasteiger charge is 2.21. The monoisotopic (exact) mass is 177 g/mol. The molecule has 68 valence electrons. The Balaban J connectivity index is 2.56. The van der Waals surface area contributed by atoms with Gasteiger partial charge in [-0.1, -0.05) is 0 Å². The van der Waals surface area contributed by atoms with Crippen LogP contribution in [0.15, 0.2) is 12.3 Å². The smallest absolute Gasteiger partial charge is 0.224 e. The van der Waals surface area contributed by atoms with E-state index >= 15 is 0 Å². The van der Waals surface area contributed by atoms with Crippen molar-refractivity contribution in [2.75, 3.05) is 7.11 Å². The summed E-state index contributed by atoms with van der Waals surface area (Å²) in [4.78, 5) is 15.6. The first-order chi connectivity index (χ1) is 6.33. The van der Waals surface area contributed by atoms with Gasteiger partial charge in [0.15, 0.2) is 5.78 Å². The highest BCUT2D eigenvalue weighted by Crippen LogP contribution is 2.26. The van der Waals surface area contributed by atoms with E-state index in [0.717, 1.165) is 18.4 Å². The fraction of sp³-hybridized carbons (Fsp3) is 0.400. The third-order valence-corrected chi connectivity index (χ3v) is 2.32. The number of pyridine rings is 1. The standard InChI is InChI=1S/C10H11NO2/c1-13-10-9-7(5-6-11-10)3-2-4-8(9)12/h5-6H,2-4H2,1H3. The third kappa shape index (κ3) is 1.30. The van der Waals surface area contributed by atoms with Crippen molar-refractivity contribution in [3.05, 3.63) is 23.4 Å². The first-order valence-electron chi connectivity index (χ1n) is 4.38. The molecule has 2 rings (SSSR count). The lowest BCUT2D eigenvalue weighted by Crippen LogP contribution is -2.13. The lowest BCUT2D eigenvalue weighted by molar-refractivity contribution is 0.0968. The van der Waals surface area contributed by atoms with E-state index in [1.807, 2.05) is 6.07 Å². The molecule has 0 saturated carbocycles. The minimum atomic E-state index is 0.159. The fourth-order valence-electron chi connectivity index (χ4n) is 1.71.